The Labute approximate surface area is 131 Å². The number of hydrogen-bond acceptors (Lipinski definition) is 4. The van der Waals surface area contributed by atoms with Crippen LogP contribution in [0, 0.1) is 0 Å². The summed E-state index contributed by atoms with van der Waals surface area (Å²) in [6, 6.07) is 7.70. The highest BCUT2D eigenvalue weighted by Gasteiger charge is 2.17. The smallest absolute Gasteiger partial charge is 0.131 e. The second-order valence-electron chi connectivity index (χ2n) is 4.61. The van der Waals surface area contributed by atoms with Crippen LogP contribution in [0.4, 0.5) is 0 Å². The van der Waals surface area contributed by atoms with Crippen LogP contribution < -0.4 is 18.9 Å². The summed E-state index contributed by atoms with van der Waals surface area (Å²) in [6.45, 7) is 10.2. The number of fused-ring (bicyclic) bond motifs is 1. The first kappa shape index (κ1) is 16.3. The molecule has 0 aliphatic carbocycles. The van der Waals surface area contributed by atoms with Crippen molar-refractivity contribution in [2.45, 2.75) is 27.7 Å². The van der Waals surface area contributed by atoms with Crippen molar-refractivity contribution in [3.05, 3.63) is 24.3 Å². The third-order valence-corrected chi connectivity index (χ3v) is 3.21. The molecule has 2 rings (SSSR count). The molecule has 2 aromatic carbocycles. The quantitative estimate of drug-likeness (QED) is 0.722. The van der Waals surface area contributed by atoms with Crippen molar-refractivity contribution in [2.24, 2.45) is 0 Å². The average Bonchev–Trinajstić information content (AvgIpc) is 2.52. The molecule has 0 N–H and O–H groups in total. The van der Waals surface area contributed by atoms with Gasteiger partial charge < -0.3 is 18.9 Å². The minimum atomic E-state index is 0.591. The van der Waals surface area contributed by atoms with E-state index in [4.69, 9.17) is 18.9 Å². The minimum Gasteiger partial charge on any atom is -0.493 e. The molecule has 0 unspecified atom stereocenters. The van der Waals surface area contributed by atoms with Gasteiger partial charge in [-0.1, -0.05) is 0 Å². The predicted molar refractivity (Wildman–Crippen MR) is 88.6 cm³/mol. The summed E-state index contributed by atoms with van der Waals surface area (Å²) in [5, 5.41) is 1.81. The van der Waals surface area contributed by atoms with E-state index in [9.17, 15) is 0 Å². The Hall–Kier alpha value is -2.10. The van der Waals surface area contributed by atoms with Crippen LogP contribution in [0.2, 0.25) is 0 Å². The Bertz CT molecular complexity index is 517. The van der Waals surface area contributed by atoms with Crippen LogP contribution in [-0.4, -0.2) is 26.4 Å². The fourth-order valence-electron chi connectivity index (χ4n) is 2.47. The van der Waals surface area contributed by atoms with E-state index in [0.717, 1.165) is 33.8 Å². The van der Waals surface area contributed by atoms with Crippen molar-refractivity contribution in [3.8, 4) is 23.0 Å². The van der Waals surface area contributed by atoms with Crippen LogP contribution in [0.25, 0.3) is 10.8 Å². The lowest BCUT2D eigenvalue weighted by atomic mass is 10.1. The molecular weight excluding hydrogens is 280 g/mol. The molecule has 0 aromatic heterocycles. The molecule has 2 aromatic rings. The molecule has 0 bridgehead atoms. The molecule has 0 heterocycles. The standard InChI is InChI=1S/C18H24O4/c1-5-19-13-9-10-15(21-7-3)18-16(22-8-4)12-11-14(17(13)18)20-6-2/h9-12H,5-8H2,1-4H3. The van der Waals surface area contributed by atoms with E-state index >= 15 is 0 Å². The van der Waals surface area contributed by atoms with E-state index in [2.05, 4.69) is 0 Å². The zero-order valence-electron chi connectivity index (χ0n) is 13.8. The van der Waals surface area contributed by atoms with Gasteiger partial charge in [0.25, 0.3) is 0 Å². The molecule has 0 aliphatic rings. The Morgan fingerprint density at radius 1 is 0.500 bits per heavy atom. The normalized spacial score (nSPS) is 10.5. The second kappa shape index (κ2) is 7.78. The Morgan fingerprint density at radius 3 is 0.909 bits per heavy atom. The third kappa shape index (κ3) is 3.21. The van der Waals surface area contributed by atoms with Crippen LogP contribution in [0.15, 0.2) is 24.3 Å². The van der Waals surface area contributed by atoms with E-state index in [1.165, 1.54) is 0 Å². The van der Waals surface area contributed by atoms with E-state index in [1.807, 2.05) is 52.0 Å². The molecule has 0 aliphatic heterocycles. The van der Waals surface area contributed by atoms with Gasteiger partial charge in [-0.2, -0.15) is 0 Å². The number of rotatable bonds is 8. The van der Waals surface area contributed by atoms with Crippen molar-refractivity contribution in [2.75, 3.05) is 26.4 Å². The van der Waals surface area contributed by atoms with Gasteiger partial charge in [-0.05, 0) is 52.0 Å². The monoisotopic (exact) mass is 304 g/mol. The average molecular weight is 304 g/mol. The Morgan fingerprint density at radius 2 is 0.727 bits per heavy atom. The molecule has 0 radical (unpaired) electrons. The van der Waals surface area contributed by atoms with Crippen molar-refractivity contribution in [3.63, 3.8) is 0 Å². The van der Waals surface area contributed by atoms with Gasteiger partial charge in [0, 0.05) is 0 Å². The Kier molecular flexibility index (Phi) is 5.75. The molecule has 120 valence electrons. The minimum absolute atomic E-state index is 0.591. The van der Waals surface area contributed by atoms with Gasteiger partial charge in [0.1, 0.15) is 23.0 Å². The zero-order chi connectivity index (χ0) is 15.9. The van der Waals surface area contributed by atoms with Crippen LogP contribution in [0.3, 0.4) is 0 Å². The van der Waals surface area contributed by atoms with Gasteiger partial charge in [0.05, 0.1) is 37.2 Å². The highest BCUT2D eigenvalue weighted by atomic mass is 16.5. The van der Waals surface area contributed by atoms with Crippen molar-refractivity contribution < 1.29 is 18.9 Å². The molecule has 22 heavy (non-hydrogen) atoms. The second-order valence-corrected chi connectivity index (χ2v) is 4.61. The molecule has 4 nitrogen and oxygen atoms in total. The van der Waals surface area contributed by atoms with Gasteiger partial charge in [-0.25, -0.2) is 0 Å². The summed E-state index contributed by atoms with van der Waals surface area (Å²) in [7, 11) is 0. The number of ether oxygens (including phenoxy) is 4. The molecular formula is C18H24O4. The first-order valence-corrected chi connectivity index (χ1v) is 7.87. The summed E-state index contributed by atoms with van der Waals surface area (Å²) in [4.78, 5) is 0. The summed E-state index contributed by atoms with van der Waals surface area (Å²) >= 11 is 0. The summed E-state index contributed by atoms with van der Waals surface area (Å²) in [5.74, 6) is 3.13. The van der Waals surface area contributed by atoms with Gasteiger partial charge in [-0.15, -0.1) is 0 Å². The lowest BCUT2D eigenvalue weighted by molar-refractivity contribution is 0.321. The molecule has 0 amide bonds. The molecule has 0 saturated carbocycles. The zero-order valence-corrected chi connectivity index (χ0v) is 13.8. The van der Waals surface area contributed by atoms with Gasteiger partial charge in [0.2, 0.25) is 0 Å². The van der Waals surface area contributed by atoms with E-state index in [1.54, 1.807) is 0 Å². The van der Waals surface area contributed by atoms with Crippen LogP contribution in [0.5, 0.6) is 23.0 Å². The lowest BCUT2D eigenvalue weighted by Crippen LogP contribution is -2.01. The van der Waals surface area contributed by atoms with E-state index < -0.39 is 0 Å². The highest BCUT2D eigenvalue weighted by molar-refractivity contribution is 6.02. The van der Waals surface area contributed by atoms with Crippen LogP contribution >= 0.6 is 0 Å². The third-order valence-electron chi connectivity index (χ3n) is 3.21. The first-order valence-electron chi connectivity index (χ1n) is 7.87. The topological polar surface area (TPSA) is 36.9 Å². The maximum Gasteiger partial charge on any atom is 0.131 e. The van der Waals surface area contributed by atoms with E-state index in [0.29, 0.717) is 26.4 Å². The highest BCUT2D eigenvalue weighted by Crippen LogP contribution is 2.44. The lowest BCUT2D eigenvalue weighted by Gasteiger charge is -2.18. The number of benzene rings is 2. The molecule has 0 spiro atoms. The molecule has 4 heteroatoms. The maximum atomic E-state index is 5.78. The SMILES string of the molecule is CCOc1ccc(OCC)c2c(OCC)ccc(OCC)c12. The first-order chi connectivity index (χ1) is 10.8. The Balaban J connectivity index is 2.76. The van der Waals surface area contributed by atoms with Crippen molar-refractivity contribution in [1.29, 1.82) is 0 Å². The van der Waals surface area contributed by atoms with Crippen molar-refractivity contribution >= 4 is 10.8 Å². The molecule has 0 saturated heterocycles. The predicted octanol–water partition coefficient (Wildman–Crippen LogP) is 4.43. The van der Waals surface area contributed by atoms with Gasteiger partial charge in [-0.3, -0.25) is 0 Å². The number of hydrogen-bond donors (Lipinski definition) is 0. The van der Waals surface area contributed by atoms with Crippen LogP contribution in [-0.2, 0) is 0 Å². The molecule has 0 atom stereocenters. The fraction of sp³-hybridized carbons (Fsp3) is 0.444. The fourth-order valence-corrected chi connectivity index (χ4v) is 2.47. The van der Waals surface area contributed by atoms with Gasteiger partial charge >= 0.3 is 0 Å². The summed E-state index contributed by atoms with van der Waals surface area (Å²) in [5.41, 5.74) is 0. The molecule has 0 fully saturated rings. The van der Waals surface area contributed by atoms with Crippen molar-refractivity contribution in [1.82, 2.24) is 0 Å². The summed E-state index contributed by atoms with van der Waals surface area (Å²) < 4.78 is 23.1. The van der Waals surface area contributed by atoms with Gasteiger partial charge in [0.15, 0.2) is 0 Å². The van der Waals surface area contributed by atoms with Crippen LogP contribution in [0.1, 0.15) is 27.7 Å². The van der Waals surface area contributed by atoms with E-state index in [-0.39, 0.29) is 0 Å². The largest absolute Gasteiger partial charge is 0.493 e. The maximum absolute atomic E-state index is 5.78. The summed E-state index contributed by atoms with van der Waals surface area (Å²) in [6.07, 6.45) is 0.